The molecule has 1 aliphatic carbocycles. The van der Waals surface area contributed by atoms with Crippen LogP contribution in [0, 0.1) is 0 Å². The number of ether oxygens (including phenoxy) is 2. The van der Waals surface area contributed by atoms with Crippen LogP contribution in [0.3, 0.4) is 0 Å². The second-order valence-electron chi connectivity index (χ2n) is 17.0. The monoisotopic (exact) mass is 1050 g/mol. The molecule has 1 rings (SSSR count). The normalized spacial score (nSPS) is 22.2. The molecular weight excluding hydrogens is 971 g/mol. The first-order chi connectivity index (χ1) is 34.5. The summed E-state index contributed by atoms with van der Waals surface area (Å²) in [6.07, 6.45) is 38.8. The van der Waals surface area contributed by atoms with E-state index in [-0.39, 0.29) is 25.7 Å². The fourth-order valence-electron chi connectivity index (χ4n) is 6.71. The summed E-state index contributed by atoms with van der Waals surface area (Å²) < 4.78 is 49.3. The molecule has 0 radical (unpaired) electrons. The van der Waals surface area contributed by atoms with Crippen molar-refractivity contribution >= 4 is 27.6 Å². The number of phosphoric acid groups is 2. The number of carbonyl (C=O) groups excluding carboxylic acids is 2. The molecule has 8 N–H and O–H groups in total. The van der Waals surface area contributed by atoms with Gasteiger partial charge in [0, 0.05) is 12.8 Å². The minimum absolute atomic E-state index is 0.0382. The van der Waals surface area contributed by atoms with Crippen LogP contribution in [0.5, 0.6) is 0 Å². The van der Waals surface area contributed by atoms with Gasteiger partial charge >= 0.3 is 27.6 Å². The Morgan fingerprint density at radius 1 is 0.528 bits per heavy atom. The minimum Gasteiger partial charge on any atom is -0.462 e. The van der Waals surface area contributed by atoms with Crippen molar-refractivity contribution in [2.45, 2.75) is 185 Å². The molecule has 0 amide bonds. The van der Waals surface area contributed by atoms with Crippen molar-refractivity contribution in [1.29, 1.82) is 0 Å². The number of hydrogen-bond acceptors (Lipinski definition) is 14. The van der Waals surface area contributed by atoms with Crippen LogP contribution in [0.25, 0.3) is 0 Å². The molecule has 0 saturated heterocycles. The molecule has 0 heterocycles. The molecule has 6 unspecified atom stereocenters. The second kappa shape index (κ2) is 41.7. The van der Waals surface area contributed by atoms with Crippen molar-refractivity contribution in [2.24, 2.45) is 0 Å². The van der Waals surface area contributed by atoms with Gasteiger partial charge in [-0.3, -0.25) is 23.2 Å². The average Bonchev–Trinajstić information content (AvgIpc) is 3.33. The molecule has 0 spiro atoms. The highest BCUT2D eigenvalue weighted by Crippen LogP contribution is 2.49. The summed E-state index contributed by atoms with van der Waals surface area (Å²) in [5.41, 5.74) is 0. The summed E-state index contributed by atoms with van der Waals surface area (Å²) in [6.45, 7) is 2.79. The van der Waals surface area contributed by atoms with Crippen molar-refractivity contribution in [2.75, 3.05) is 13.2 Å². The largest absolute Gasteiger partial charge is 0.472 e. The molecule has 0 aromatic rings. The van der Waals surface area contributed by atoms with Gasteiger partial charge in [0.15, 0.2) is 6.10 Å². The van der Waals surface area contributed by atoms with Crippen LogP contribution in [0.15, 0.2) is 122 Å². The van der Waals surface area contributed by atoms with E-state index in [1.54, 1.807) is 24.3 Å². The lowest BCUT2D eigenvalue weighted by Gasteiger charge is -2.43. The number of phosphoric ester groups is 2. The third kappa shape index (κ3) is 35.5. The molecular formula is C53H84O17P2. The van der Waals surface area contributed by atoms with Crippen LogP contribution >= 0.6 is 15.6 Å². The average molecular weight is 1060 g/mol. The molecule has 1 fully saturated rings. The Balaban J connectivity index is 2.69. The van der Waals surface area contributed by atoms with Gasteiger partial charge in [-0.15, -0.1) is 0 Å². The first kappa shape index (κ1) is 66.4. The molecule has 1 aliphatic rings. The number of rotatable bonds is 40. The van der Waals surface area contributed by atoms with Crippen LogP contribution in [-0.4, -0.2) is 114 Å². The standard InChI is InChI=1S/C53H84O17P2/c1-3-5-7-9-11-13-15-17-18-19-20-21-22-24-26-28-30-32-36-40-46(55)66-42-45(43-67-72(64,65)70-53-50(59)48(57)49(58)52(51(53)60)69-71(61,62)63)68-47(56)41-37-33-35-39-44(54)38-34-31-29-27-25-23-16-14-12-10-8-6-4-2/h6,8,11-14,17-18,20-21,23-26,29,31,33-35,38,44-45,48-54,57-60H,3-5,7,9-10,15-16,19,22,27-28,30,32,36-37,39-43H2,1-2H3,(H,64,65)(H2,61,62,63)/b8-6-,13-11-,14-12-,18-17-,21-20-,25-23-,26-24-,31-29-,35-33-,38-34-/t44?,45-,48?,49?,50?,51?,52-,53+/m1/s1. The van der Waals surface area contributed by atoms with Crippen LogP contribution in [0.2, 0.25) is 0 Å². The first-order valence-corrected chi connectivity index (χ1v) is 28.2. The molecule has 19 heteroatoms. The van der Waals surface area contributed by atoms with Crippen molar-refractivity contribution < 1.29 is 82.0 Å². The van der Waals surface area contributed by atoms with E-state index in [1.165, 1.54) is 19.3 Å². The number of unbranched alkanes of at least 4 members (excludes halogenated alkanes) is 6. The third-order valence-corrected chi connectivity index (χ3v) is 12.1. The van der Waals surface area contributed by atoms with Gasteiger partial charge in [0.1, 0.15) is 43.2 Å². The van der Waals surface area contributed by atoms with Gasteiger partial charge in [-0.1, -0.05) is 155 Å². The lowest BCUT2D eigenvalue weighted by atomic mass is 9.85. The van der Waals surface area contributed by atoms with Crippen LogP contribution in [0.4, 0.5) is 0 Å². The highest BCUT2D eigenvalue weighted by atomic mass is 31.2. The van der Waals surface area contributed by atoms with Crippen molar-refractivity contribution in [3.05, 3.63) is 122 Å². The van der Waals surface area contributed by atoms with E-state index < -0.39 is 89.6 Å². The van der Waals surface area contributed by atoms with Gasteiger partial charge in [0.05, 0.1) is 12.7 Å². The Bertz CT molecular complexity index is 1860. The maximum absolute atomic E-state index is 13.0. The van der Waals surface area contributed by atoms with Gasteiger partial charge in [-0.2, -0.15) is 0 Å². The lowest BCUT2D eigenvalue weighted by molar-refractivity contribution is -0.216. The van der Waals surface area contributed by atoms with Gasteiger partial charge in [-0.25, -0.2) is 9.13 Å². The lowest BCUT2D eigenvalue weighted by Crippen LogP contribution is -2.64. The number of carbonyl (C=O) groups is 2. The van der Waals surface area contributed by atoms with Crippen LogP contribution < -0.4 is 0 Å². The smallest absolute Gasteiger partial charge is 0.462 e. The molecule has 0 aliphatic heterocycles. The molecule has 72 heavy (non-hydrogen) atoms. The zero-order valence-electron chi connectivity index (χ0n) is 42.2. The fourth-order valence-corrected chi connectivity index (χ4v) is 8.24. The van der Waals surface area contributed by atoms with E-state index in [0.717, 1.165) is 70.6 Å². The van der Waals surface area contributed by atoms with E-state index in [2.05, 4.69) is 103 Å². The first-order valence-electron chi connectivity index (χ1n) is 25.2. The van der Waals surface area contributed by atoms with E-state index in [4.69, 9.17) is 18.5 Å². The summed E-state index contributed by atoms with van der Waals surface area (Å²) in [7, 11) is -10.8. The van der Waals surface area contributed by atoms with E-state index in [1.807, 2.05) is 12.2 Å². The molecule has 0 aromatic carbocycles. The molecule has 9 atom stereocenters. The zero-order valence-corrected chi connectivity index (χ0v) is 44.0. The van der Waals surface area contributed by atoms with Gasteiger partial charge in [-0.05, 0) is 89.9 Å². The van der Waals surface area contributed by atoms with E-state index >= 15 is 0 Å². The maximum Gasteiger partial charge on any atom is 0.472 e. The molecule has 1 saturated carbocycles. The minimum atomic E-state index is -5.40. The summed E-state index contributed by atoms with van der Waals surface area (Å²) in [5, 5.41) is 51.6. The number of hydrogen-bond donors (Lipinski definition) is 8. The predicted molar refractivity (Wildman–Crippen MR) is 279 cm³/mol. The predicted octanol–water partition coefficient (Wildman–Crippen LogP) is 9.25. The Kier molecular flexibility index (Phi) is 38.4. The molecule has 0 bridgehead atoms. The molecule has 17 nitrogen and oxygen atoms in total. The van der Waals surface area contributed by atoms with Gasteiger partial charge in [0.25, 0.3) is 0 Å². The third-order valence-electron chi connectivity index (χ3n) is 10.6. The molecule has 408 valence electrons. The quantitative estimate of drug-likeness (QED) is 0.00933. The summed E-state index contributed by atoms with van der Waals surface area (Å²) in [4.78, 5) is 54.4. The summed E-state index contributed by atoms with van der Waals surface area (Å²) in [5.74, 6) is -1.44. The second-order valence-corrected chi connectivity index (χ2v) is 19.6. The van der Waals surface area contributed by atoms with Gasteiger partial charge < -0.3 is 49.7 Å². The number of aliphatic hydroxyl groups excluding tert-OH is 5. The van der Waals surface area contributed by atoms with Crippen LogP contribution in [0.1, 0.15) is 136 Å². The topological polar surface area (TPSA) is 276 Å². The Morgan fingerprint density at radius 2 is 1.04 bits per heavy atom. The number of aliphatic hydroxyl groups is 5. The fraction of sp³-hybridized carbons (Fsp3) is 0.585. The highest BCUT2D eigenvalue weighted by Gasteiger charge is 2.54. The van der Waals surface area contributed by atoms with Crippen molar-refractivity contribution in [3.63, 3.8) is 0 Å². The number of esters is 2. The zero-order chi connectivity index (χ0) is 53.3. The van der Waals surface area contributed by atoms with Crippen molar-refractivity contribution in [3.8, 4) is 0 Å². The van der Waals surface area contributed by atoms with E-state index in [0.29, 0.717) is 6.42 Å². The molecule has 0 aromatic heterocycles. The number of allylic oxidation sites excluding steroid dienone is 18. The summed E-state index contributed by atoms with van der Waals surface area (Å²) in [6, 6.07) is 0. The SMILES string of the molecule is CC/C=C\C/C=C\C/C=C\C/C=C\C=C/C(O)C/C=C\CCC(=O)O[C@H](COC(=O)CCCCC/C=C\C/C=C\C/C=C\C/C=C\CCCCC)COP(=O)(O)O[C@H]1C(O)C(O)C(O)[C@@H](OP(=O)(O)O)C1O. The highest BCUT2D eigenvalue weighted by molar-refractivity contribution is 7.47. The summed E-state index contributed by atoms with van der Waals surface area (Å²) >= 11 is 0. The van der Waals surface area contributed by atoms with Crippen molar-refractivity contribution in [1.82, 2.24) is 0 Å². The Hall–Kier alpha value is -3.64. The van der Waals surface area contributed by atoms with Gasteiger partial charge in [0.2, 0.25) is 0 Å². The Labute approximate surface area is 427 Å². The maximum atomic E-state index is 13.0. The Morgan fingerprint density at radius 3 is 1.60 bits per heavy atom. The van der Waals surface area contributed by atoms with Crippen LogP contribution in [-0.2, 0) is 41.8 Å². The van der Waals surface area contributed by atoms with E-state index in [9.17, 15) is 58.9 Å².